The molecule has 1 spiro atoms. The highest BCUT2D eigenvalue weighted by molar-refractivity contribution is 7.52. The Hall–Kier alpha value is -3.24. The van der Waals surface area contributed by atoms with Gasteiger partial charge in [-0.05, 0) is 43.9 Å². The molecule has 0 aliphatic carbocycles. The fourth-order valence-electron chi connectivity index (χ4n) is 5.26. The molecule has 0 aromatic heterocycles. The van der Waals surface area contributed by atoms with Crippen molar-refractivity contribution in [3.05, 3.63) is 66.2 Å². The number of benzene rings is 2. The highest BCUT2D eigenvalue weighted by Gasteiger charge is 2.51. The molecule has 3 atom stereocenters. The molecule has 4 rings (SSSR count). The highest BCUT2D eigenvalue weighted by Crippen LogP contribution is 2.45. The SMILES string of the molecule is CCC(CC)OC(=O)[C@H](C)NP(=O)(OCC(=O)N1CCN(Cc2ccccc2)C2(CCNC2=O)C1)Oc1ccccc1. The van der Waals surface area contributed by atoms with E-state index in [9.17, 15) is 18.9 Å². The van der Waals surface area contributed by atoms with E-state index in [1.54, 1.807) is 35.2 Å². The number of carbonyl (C=O) groups excluding carboxylic acids is 3. The minimum atomic E-state index is -4.21. The second-order valence-electron chi connectivity index (χ2n) is 10.7. The number of piperazine rings is 1. The summed E-state index contributed by atoms with van der Waals surface area (Å²) < 4.78 is 30.7. The Kier molecular flexibility index (Phi) is 10.8. The first-order chi connectivity index (χ1) is 20.2. The Balaban J connectivity index is 1.44. The van der Waals surface area contributed by atoms with Gasteiger partial charge >= 0.3 is 13.7 Å². The monoisotopic (exact) mass is 600 g/mol. The van der Waals surface area contributed by atoms with Gasteiger partial charge in [-0.3, -0.25) is 23.8 Å². The first-order valence-corrected chi connectivity index (χ1v) is 16.0. The van der Waals surface area contributed by atoms with Crippen LogP contribution in [0, 0.1) is 0 Å². The number of carbonyl (C=O) groups is 3. The van der Waals surface area contributed by atoms with Crippen LogP contribution in [0.1, 0.15) is 45.6 Å². The number of rotatable bonds is 13. The second kappa shape index (κ2) is 14.3. The Morgan fingerprint density at radius 2 is 1.71 bits per heavy atom. The van der Waals surface area contributed by atoms with E-state index in [0.29, 0.717) is 45.4 Å². The van der Waals surface area contributed by atoms with Gasteiger partial charge in [-0.15, -0.1) is 0 Å². The predicted molar refractivity (Wildman–Crippen MR) is 157 cm³/mol. The molecule has 0 bridgehead atoms. The molecular formula is C30H41N4O7P. The second-order valence-corrected chi connectivity index (χ2v) is 12.4. The average molecular weight is 601 g/mol. The molecule has 2 aliphatic heterocycles. The third-order valence-electron chi connectivity index (χ3n) is 7.74. The van der Waals surface area contributed by atoms with Gasteiger partial charge in [0.05, 0.1) is 0 Å². The molecule has 11 nitrogen and oxygen atoms in total. The Morgan fingerprint density at radius 1 is 1.05 bits per heavy atom. The lowest BCUT2D eigenvalue weighted by Crippen LogP contribution is -2.66. The van der Waals surface area contributed by atoms with Gasteiger partial charge < -0.3 is 19.5 Å². The van der Waals surface area contributed by atoms with Crippen LogP contribution in [0.2, 0.25) is 0 Å². The van der Waals surface area contributed by atoms with E-state index in [0.717, 1.165) is 5.56 Å². The van der Waals surface area contributed by atoms with Crippen LogP contribution < -0.4 is 14.9 Å². The van der Waals surface area contributed by atoms with Crippen LogP contribution in [0.5, 0.6) is 5.75 Å². The van der Waals surface area contributed by atoms with E-state index in [1.807, 2.05) is 44.2 Å². The summed E-state index contributed by atoms with van der Waals surface area (Å²) in [6, 6.07) is 17.3. The molecule has 2 amide bonds. The summed E-state index contributed by atoms with van der Waals surface area (Å²) in [5.41, 5.74) is 0.223. The van der Waals surface area contributed by atoms with Gasteiger partial charge in [-0.25, -0.2) is 4.57 Å². The van der Waals surface area contributed by atoms with Gasteiger partial charge in [-0.2, -0.15) is 5.09 Å². The Morgan fingerprint density at radius 3 is 2.33 bits per heavy atom. The van der Waals surface area contributed by atoms with Crippen molar-refractivity contribution in [3.63, 3.8) is 0 Å². The normalized spacial score (nSPS) is 21.1. The van der Waals surface area contributed by atoms with Gasteiger partial charge in [0.2, 0.25) is 11.8 Å². The molecule has 2 aromatic carbocycles. The maximum atomic E-state index is 13.9. The summed E-state index contributed by atoms with van der Waals surface area (Å²) in [4.78, 5) is 42.9. The molecule has 2 heterocycles. The molecule has 12 heteroatoms. The largest absolute Gasteiger partial charge is 0.461 e. The number of nitrogens with zero attached hydrogens (tertiary/aromatic N) is 2. The van der Waals surface area contributed by atoms with Crippen molar-refractivity contribution in [1.29, 1.82) is 0 Å². The van der Waals surface area contributed by atoms with Crippen molar-refractivity contribution in [1.82, 2.24) is 20.2 Å². The fraction of sp³-hybridized carbons (Fsp3) is 0.500. The summed E-state index contributed by atoms with van der Waals surface area (Å²) in [7, 11) is -4.21. The Labute approximate surface area is 247 Å². The zero-order valence-corrected chi connectivity index (χ0v) is 25.4. The quantitative estimate of drug-likeness (QED) is 0.262. The number of hydrogen-bond donors (Lipinski definition) is 2. The average Bonchev–Trinajstić information content (AvgIpc) is 3.36. The molecule has 42 heavy (non-hydrogen) atoms. The molecule has 0 radical (unpaired) electrons. The van der Waals surface area contributed by atoms with Gasteiger partial charge in [0, 0.05) is 32.7 Å². The first-order valence-electron chi connectivity index (χ1n) is 14.5. The molecule has 2 N–H and O–H groups in total. The van der Waals surface area contributed by atoms with E-state index in [2.05, 4.69) is 15.3 Å². The van der Waals surface area contributed by atoms with Crippen LogP contribution in [0.25, 0.3) is 0 Å². The minimum Gasteiger partial charge on any atom is -0.461 e. The van der Waals surface area contributed by atoms with Gasteiger partial charge in [0.25, 0.3) is 0 Å². The van der Waals surface area contributed by atoms with Crippen molar-refractivity contribution in [2.45, 2.75) is 64.3 Å². The summed E-state index contributed by atoms with van der Waals surface area (Å²) in [6.45, 7) is 6.93. The zero-order chi connectivity index (χ0) is 30.2. The van der Waals surface area contributed by atoms with E-state index >= 15 is 0 Å². The van der Waals surface area contributed by atoms with Crippen molar-refractivity contribution >= 4 is 25.5 Å². The number of esters is 1. The molecule has 228 valence electrons. The van der Waals surface area contributed by atoms with Gasteiger partial charge in [0.15, 0.2) is 0 Å². The molecule has 2 saturated heterocycles. The van der Waals surface area contributed by atoms with Crippen LogP contribution in [0.15, 0.2) is 60.7 Å². The Bertz CT molecular complexity index is 1260. The number of ether oxygens (including phenoxy) is 1. The first kappa shape index (κ1) is 31.7. The van der Waals surface area contributed by atoms with Crippen LogP contribution in [-0.4, -0.2) is 78.1 Å². The van der Waals surface area contributed by atoms with Gasteiger partial charge in [-0.1, -0.05) is 62.4 Å². The topological polar surface area (TPSA) is 127 Å². The van der Waals surface area contributed by atoms with Crippen LogP contribution >= 0.6 is 7.75 Å². The lowest BCUT2D eigenvalue weighted by atomic mass is 9.91. The van der Waals surface area contributed by atoms with Gasteiger partial charge in [0.1, 0.15) is 30.0 Å². The molecule has 2 aromatic rings. The lowest BCUT2D eigenvalue weighted by molar-refractivity contribution is -0.151. The van der Waals surface area contributed by atoms with Crippen LogP contribution in [0.3, 0.4) is 0 Å². The minimum absolute atomic E-state index is 0.110. The van der Waals surface area contributed by atoms with Crippen molar-refractivity contribution in [2.24, 2.45) is 0 Å². The molecular weight excluding hydrogens is 559 g/mol. The highest BCUT2D eigenvalue weighted by atomic mass is 31.2. The van der Waals surface area contributed by atoms with Crippen molar-refractivity contribution in [3.8, 4) is 5.75 Å². The summed E-state index contributed by atoms with van der Waals surface area (Å²) in [5.74, 6) is -0.891. The van der Waals surface area contributed by atoms with E-state index < -0.39 is 37.8 Å². The third kappa shape index (κ3) is 7.77. The maximum absolute atomic E-state index is 13.9. The summed E-state index contributed by atoms with van der Waals surface area (Å²) in [6.07, 6.45) is 1.60. The van der Waals surface area contributed by atoms with Crippen molar-refractivity contribution < 1.29 is 32.7 Å². The number of para-hydroxylation sites is 1. The van der Waals surface area contributed by atoms with E-state index in [-0.39, 0.29) is 24.3 Å². The van der Waals surface area contributed by atoms with E-state index in [4.69, 9.17) is 13.8 Å². The summed E-state index contributed by atoms with van der Waals surface area (Å²) in [5, 5.41) is 5.56. The fourth-order valence-corrected chi connectivity index (χ4v) is 6.70. The number of hydrogen-bond acceptors (Lipinski definition) is 8. The maximum Gasteiger partial charge on any atom is 0.459 e. The van der Waals surface area contributed by atoms with Crippen LogP contribution in [0.4, 0.5) is 0 Å². The molecule has 2 fully saturated rings. The smallest absolute Gasteiger partial charge is 0.459 e. The summed E-state index contributed by atoms with van der Waals surface area (Å²) >= 11 is 0. The van der Waals surface area contributed by atoms with E-state index in [1.165, 1.54) is 6.92 Å². The van der Waals surface area contributed by atoms with Crippen molar-refractivity contribution in [2.75, 3.05) is 32.8 Å². The lowest BCUT2D eigenvalue weighted by Gasteiger charge is -2.47. The molecule has 0 saturated carbocycles. The third-order valence-corrected chi connectivity index (χ3v) is 9.36. The molecule has 2 unspecified atom stereocenters. The standard InChI is InChI=1S/C30H41N4O7P/c1-4-25(5-2)40-28(36)23(3)32-42(38,41-26-14-10-7-11-15-26)39-21-27(35)33-18-19-34(20-24-12-8-6-9-13-24)30(22-33)16-17-31-29(30)37/h6-15,23,25H,4-5,16-22H2,1-3H3,(H,31,37)(H,32,38)/t23-,30?,42?/m0/s1. The predicted octanol–water partition coefficient (Wildman–Crippen LogP) is 3.50. The van der Waals surface area contributed by atoms with Crippen LogP contribution in [-0.2, 0) is 34.8 Å². The zero-order valence-electron chi connectivity index (χ0n) is 24.5. The molecule has 2 aliphatic rings. The number of amides is 2. The number of nitrogens with one attached hydrogen (secondary N) is 2.